The van der Waals surface area contributed by atoms with E-state index in [2.05, 4.69) is 25.5 Å². The summed E-state index contributed by atoms with van der Waals surface area (Å²) >= 11 is 1.28. The average Bonchev–Trinajstić information content (AvgIpc) is 3.34. The van der Waals surface area contributed by atoms with Gasteiger partial charge in [-0.25, -0.2) is 4.39 Å². The van der Waals surface area contributed by atoms with E-state index in [0.29, 0.717) is 41.6 Å². The van der Waals surface area contributed by atoms with E-state index in [4.69, 9.17) is 0 Å². The summed E-state index contributed by atoms with van der Waals surface area (Å²) in [6, 6.07) is 6.07. The smallest absolute Gasteiger partial charge is 0.266 e. The number of halogens is 1. The Morgan fingerprint density at radius 1 is 1.27 bits per heavy atom. The predicted octanol–water partition coefficient (Wildman–Crippen LogP) is 3.34. The number of hydrogen-bond acceptors (Lipinski definition) is 8. The normalized spacial score (nSPS) is 21.9. The number of thiazole rings is 1. The zero-order valence-corrected chi connectivity index (χ0v) is 18.8. The van der Waals surface area contributed by atoms with Gasteiger partial charge in [0.25, 0.3) is 5.91 Å². The molecular formula is C23H25FN6O2S. The maximum atomic E-state index is 14.4. The van der Waals surface area contributed by atoms with Gasteiger partial charge in [0.15, 0.2) is 0 Å². The molecule has 1 aliphatic heterocycles. The number of piperidine rings is 1. The molecule has 4 heterocycles. The van der Waals surface area contributed by atoms with Crippen LogP contribution in [0.25, 0.3) is 0 Å². The summed E-state index contributed by atoms with van der Waals surface area (Å²) in [7, 11) is 0. The second-order valence-corrected chi connectivity index (χ2v) is 9.57. The Morgan fingerprint density at radius 2 is 2.15 bits per heavy atom. The highest BCUT2D eigenvalue weighted by molar-refractivity contribution is 7.11. The van der Waals surface area contributed by atoms with Gasteiger partial charge in [-0.2, -0.15) is 5.10 Å². The Hall–Kier alpha value is -2.98. The Kier molecular flexibility index (Phi) is 6.03. The molecule has 2 fully saturated rings. The van der Waals surface area contributed by atoms with Crippen molar-refractivity contribution in [2.75, 3.05) is 18.4 Å². The lowest BCUT2D eigenvalue weighted by Crippen LogP contribution is -2.45. The fourth-order valence-electron chi connectivity index (χ4n) is 4.75. The highest BCUT2D eigenvalue weighted by atomic mass is 32.1. The minimum atomic E-state index is -0.714. The summed E-state index contributed by atoms with van der Waals surface area (Å²) in [6.45, 7) is 1.05. The van der Waals surface area contributed by atoms with Crippen LogP contribution >= 0.6 is 11.3 Å². The molecule has 5 rings (SSSR count). The number of hydrogen-bond donors (Lipinski definition) is 2. The third-order valence-electron chi connectivity index (χ3n) is 6.67. The number of carbonyl (C=O) groups is 1. The van der Waals surface area contributed by atoms with Gasteiger partial charge in [-0.3, -0.25) is 14.8 Å². The zero-order chi connectivity index (χ0) is 22.8. The highest BCUT2D eigenvalue weighted by Crippen LogP contribution is 2.43. The number of nitrogens with one attached hydrogen (secondary N) is 1. The number of nitrogens with zero attached hydrogens (tertiary/aromatic N) is 5. The lowest BCUT2D eigenvalue weighted by Gasteiger charge is -2.41. The summed E-state index contributed by atoms with van der Waals surface area (Å²) in [5.41, 5.74) is 2.31. The Balaban J connectivity index is 1.31. The van der Waals surface area contributed by atoms with Crippen molar-refractivity contribution < 1.29 is 14.3 Å². The van der Waals surface area contributed by atoms with Gasteiger partial charge in [-0.15, -0.1) is 16.4 Å². The number of aromatic nitrogens is 4. The average molecular weight is 469 g/mol. The number of pyridine rings is 1. The summed E-state index contributed by atoms with van der Waals surface area (Å²) in [5.74, 6) is 0.124. The lowest BCUT2D eigenvalue weighted by molar-refractivity contribution is 0.00933. The van der Waals surface area contributed by atoms with Crippen molar-refractivity contribution in [3.63, 3.8) is 0 Å². The van der Waals surface area contributed by atoms with E-state index in [1.165, 1.54) is 17.4 Å². The van der Waals surface area contributed by atoms with Crippen LogP contribution in [0.3, 0.4) is 0 Å². The molecular weight excluding hydrogens is 443 g/mol. The number of rotatable bonds is 6. The fraction of sp³-hybridized carbons (Fsp3) is 0.435. The van der Waals surface area contributed by atoms with Crippen molar-refractivity contribution in [3.05, 3.63) is 64.3 Å². The van der Waals surface area contributed by atoms with Crippen LogP contribution in [0.5, 0.6) is 0 Å². The standard InChI is InChI=1S/C23H25FN6O2S/c24-15-4-1-10-26-21(15)23(8-3-9-23)13-27-19-7-6-16(28-29-19)20-17(31)5-2-11-30(20)22(32)18-12-25-14-33-18/h1,4,6-7,10,12,14,17,20,31H,2-3,5,8-9,11,13H2,(H,27,29). The first-order valence-corrected chi connectivity index (χ1v) is 12.0. The van der Waals surface area contributed by atoms with Gasteiger partial charge in [0.1, 0.15) is 22.6 Å². The first kappa shape index (κ1) is 21.8. The van der Waals surface area contributed by atoms with Gasteiger partial charge >= 0.3 is 0 Å². The topological polar surface area (TPSA) is 104 Å². The highest BCUT2D eigenvalue weighted by Gasteiger charge is 2.42. The quantitative estimate of drug-likeness (QED) is 0.572. The van der Waals surface area contributed by atoms with Crippen molar-refractivity contribution in [2.45, 2.75) is 49.7 Å². The van der Waals surface area contributed by atoms with Crippen LogP contribution in [0.4, 0.5) is 10.2 Å². The molecule has 172 valence electrons. The maximum absolute atomic E-state index is 14.4. The largest absolute Gasteiger partial charge is 0.391 e. The number of aliphatic hydroxyl groups excluding tert-OH is 1. The number of amides is 1. The van der Waals surface area contributed by atoms with Gasteiger partial charge in [0, 0.05) is 24.7 Å². The van der Waals surface area contributed by atoms with E-state index in [0.717, 1.165) is 25.7 Å². The number of likely N-dealkylation sites (tertiary alicyclic amines) is 1. The maximum Gasteiger partial charge on any atom is 0.266 e. The molecule has 0 radical (unpaired) electrons. The van der Waals surface area contributed by atoms with Crippen molar-refractivity contribution in [1.82, 2.24) is 25.1 Å². The minimum Gasteiger partial charge on any atom is -0.391 e. The molecule has 2 N–H and O–H groups in total. The molecule has 0 aromatic carbocycles. The molecule has 33 heavy (non-hydrogen) atoms. The second-order valence-electron chi connectivity index (χ2n) is 8.68. The van der Waals surface area contributed by atoms with Crippen molar-refractivity contribution in [2.24, 2.45) is 0 Å². The number of carbonyl (C=O) groups excluding carboxylic acids is 1. The zero-order valence-electron chi connectivity index (χ0n) is 18.0. The van der Waals surface area contributed by atoms with Crippen LogP contribution in [0.15, 0.2) is 42.2 Å². The van der Waals surface area contributed by atoms with Gasteiger partial charge in [-0.1, -0.05) is 6.42 Å². The second kappa shape index (κ2) is 9.11. The minimum absolute atomic E-state index is 0.158. The van der Waals surface area contributed by atoms with E-state index in [1.807, 2.05) is 0 Å². The first-order valence-electron chi connectivity index (χ1n) is 11.1. The van der Waals surface area contributed by atoms with E-state index < -0.39 is 12.1 Å². The van der Waals surface area contributed by atoms with Crippen molar-refractivity contribution in [3.8, 4) is 0 Å². The third kappa shape index (κ3) is 4.20. The van der Waals surface area contributed by atoms with Crippen molar-refractivity contribution in [1.29, 1.82) is 0 Å². The van der Waals surface area contributed by atoms with Gasteiger partial charge in [0.05, 0.1) is 29.2 Å². The Morgan fingerprint density at radius 3 is 2.82 bits per heavy atom. The lowest BCUT2D eigenvalue weighted by atomic mass is 9.66. The van der Waals surface area contributed by atoms with Crippen molar-refractivity contribution >= 4 is 23.1 Å². The van der Waals surface area contributed by atoms with Gasteiger partial charge < -0.3 is 15.3 Å². The molecule has 10 heteroatoms. The van der Waals surface area contributed by atoms with E-state index in [-0.39, 0.29) is 17.1 Å². The van der Waals surface area contributed by atoms with E-state index in [9.17, 15) is 14.3 Å². The molecule has 0 spiro atoms. The van der Waals surface area contributed by atoms with Gasteiger partial charge in [-0.05, 0) is 49.9 Å². The van der Waals surface area contributed by atoms with Crippen LogP contribution in [0, 0.1) is 5.82 Å². The Labute approximate surface area is 194 Å². The fourth-order valence-corrected chi connectivity index (χ4v) is 5.33. The number of anilines is 1. The van der Waals surface area contributed by atoms with Crippen LogP contribution < -0.4 is 5.32 Å². The molecule has 2 aliphatic rings. The number of aliphatic hydroxyl groups is 1. The molecule has 2 unspecified atom stereocenters. The SMILES string of the molecule is O=C(c1cncs1)N1CCCC(O)C1c1ccc(NCC2(c3ncccc3F)CCC2)nn1. The predicted molar refractivity (Wildman–Crippen MR) is 121 cm³/mol. The summed E-state index contributed by atoms with van der Waals surface area (Å²) < 4.78 is 14.4. The summed E-state index contributed by atoms with van der Waals surface area (Å²) in [5, 5.41) is 22.6. The molecule has 3 aromatic rings. The van der Waals surface area contributed by atoms with Crippen LogP contribution in [-0.2, 0) is 5.41 Å². The molecule has 1 amide bonds. The summed E-state index contributed by atoms with van der Waals surface area (Å²) in [4.78, 5) is 23.4. The van der Waals surface area contributed by atoms with Gasteiger partial charge in [0.2, 0.25) is 0 Å². The van der Waals surface area contributed by atoms with Crippen LogP contribution in [0.1, 0.15) is 59.2 Å². The molecule has 1 saturated carbocycles. The van der Waals surface area contributed by atoms with E-state index >= 15 is 0 Å². The molecule has 3 aromatic heterocycles. The molecule has 2 atom stereocenters. The molecule has 0 bridgehead atoms. The first-order chi connectivity index (χ1) is 16.1. The monoisotopic (exact) mass is 468 g/mol. The molecule has 1 aliphatic carbocycles. The summed E-state index contributed by atoms with van der Waals surface area (Å²) in [6.07, 6.45) is 6.54. The van der Waals surface area contributed by atoms with Crippen LogP contribution in [-0.4, -0.2) is 55.3 Å². The molecule has 1 saturated heterocycles. The molecule has 8 nitrogen and oxygen atoms in total. The third-order valence-corrected chi connectivity index (χ3v) is 7.43. The van der Waals surface area contributed by atoms with Crippen LogP contribution in [0.2, 0.25) is 0 Å². The van der Waals surface area contributed by atoms with E-state index in [1.54, 1.807) is 41.0 Å². The Bertz CT molecular complexity index is 1110.